The van der Waals surface area contributed by atoms with Crippen LogP contribution in [0.5, 0.6) is 0 Å². The van der Waals surface area contributed by atoms with Gasteiger partial charge in [0.2, 0.25) is 5.91 Å². The summed E-state index contributed by atoms with van der Waals surface area (Å²) in [5.41, 5.74) is 0.201. The normalized spacial score (nSPS) is 17.2. The van der Waals surface area contributed by atoms with E-state index in [-0.39, 0.29) is 41.2 Å². The predicted molar refractivity (Wildman–Crippen MR) is 87.5 cm³/mol. The molecule has 0 aliphatic carbocycles. The Labute approximate surface area is 144 Å². The van der Waals surface area contributed by atoms with Crippen LogP contribution in [0.2, 0.25) is 5.02 Å². The fourth-order valence-electron chi connectivity index (χ4n) is 3.08. The molecule has 0 unspecified atom stereocenters. The van der Waals surface area contributed by atoms with E-state index in [9.17, 15) is 14.0 Å². The van der Waals surface area contributed by atoms with Gasteiger partial charge in [-0.1, -0.05) is 17.7 Å². The molecule has 1 aliphatic heterocycles. The Kier molecular flexibility index (Phi) is 5.00. The molecular weight excluding hydrogens is 333 g/mol. The van der Waals surface area contributed by atoms with Crippen molar-refractivity contribution in [1.82, 2.24) is 4.90 Å². The molecule has 1 amide bonds. The summed E-state index contributed by atoms with van der Waals surface area (Å²) in [5.74, 6) is -0.532. The number of amides is 1. The molecule has 0 radical (unpaired) electrons. The van der Waals surface area contributed by atoms with E-state index in [1.165, 1.54) is 18.4 Å². The van der Waals surface area contributed by atoms with Crippen molar-refractivity contribution in [1.29, 1.82) is 0 Å². The average Bonchev–Trinajstić information content (AvgIpc) is 3.22. The SMILES string of the molecule is O=C(C[C@@H]1CCCN1C(=O)Cc1c(F)cccc1Cl)c1ccco1. The zero-order valence-electron chi connectivity index (χ0n) is 13.0. The van der Waals surface area contributed by atoms with Crippen molar-refractivity contribution in [2.45, 2.75) is 31.7 Å². The van der Waals surface area contributed by atoms with Gasteiger partial charge in [-0.15, -0.1) is 0 Å². The first-order chi connectivity index (χ1) is 11.6. The fraction of sp³-hybridized carbons (Fsp3) is 0.333. The molecule has 2 aromatic rings. The largest absolute Gasteiger partial charge is 0.461 e. The number of hydrogen-bond donors (Lipinski definition) is 0. The third-order valence-corrected chi connectivity index (χ3v) is 4.66. The Morgan fingerprint density at radius 2 is 2.12 bits per heavy atom. The van der Waals surface area contributed by atoms with Crippen molar-refractivity contribution in [3.63, 3.8) is 0 Å². The minimum Gasteiger partial charge on any atom is -0.461 e. The molecule has 0 spiro atoms. The van der Waals surface area contributed by atoms with Crippen LogP contribution in [0.25, 0.3) is 0 Å². The highest BCUT2D eigenvalue weighted by Gasteiger charge is 2.31. The number of ketones is 1. The van der Waals surface area contributed by atoms with Crippen LogP contribution < -0.4 is 0 Å². The predicted octanol–water partition coefficient (Wildman–Crippen LogP) is 3.88. The highest BCUT2D eigenvalue weighted by atomic mass is 35.5. The van der Waals surface area contributed by atoms with Gasteiger partial charge in [0.05, 0.1) is 12.7 Å². The third-order valence-electron chi connectivity index (χ3n) is 4.30. The molecular formula is C18H17ClFNO3. The first-order valence-corrected chi connectivity index (χ1v) is 8.23. The summed E-state index contributed by atoms with van der Waals surface area (Å²) in [6.45, 7) is 0.570. The van der Waals surface area contributed by atoms with Crippen molar-refractivity contribution in [2.24, 2.45) is 0 Å². The third kappa shape index (κ3) is 3.51. The molecule has 6 heteroatoms. The maximum atomic E-state index is 13.9. The number of rotatable bonds is 5. The van der Waals surface area contributed by atoms with Gasteiger partial charge < -0.3 is 9.32 Å². The molecule has 1 aliphatic rings. The summed E-state index contributed by atoms with van der Waals surface area (Å²) in [7, 11) is 0. The fourth-order valence-corrected chi connectivity index (χ4v) is 3.31. The lowest BCUT2D eigenvalue weighted by Gasteiger charge is -2.24. The number of benzene rings is 1. The van der Waals surface area contributed by atoms with Crippen molar-refractivity contribution < 1.29 is 18.4 Å². The van der Waals surface area contributed by atoms with Gasteiger partial charge in [-0.2, -0.15) is 0 Å². The van der Waals surface area contributed by atoms with Crippen LogP contribution in [0.3, 0.4) is 0 Å². The Hall–Kier alpha value is -2.14. The zero-order chi connectivity index (χ0) is 17.1. The van der Waals surface area contributed by atoms with E-state index in [1.54, 1.807) is 23.1 Å². The number of halogens is 2. The molecule has 1 aromatic heterocycles. The van der Waals surface area contributed by atoms with E-state index in [4.69, 9.17) is 16.0 Å². The number of Topliss-reactive ketones (excluding diaryl/α,β-unsaturated/α-hetero) is 1. The standard InChI is InChI=1S/C18H17ClFNO3/c19-14-5-1-6-15(20)13(14)11-18(23)21-8-2-4-12(21)10-16(22)17-7-3-9-24-17/h1,3,5-7,9,12H,2,4,8,10-11H2/t12-/m0/s1. The summed E-state index contributed by atoms with van der Waals surface area (Å²) in [4.78, 5) is 26.4. The molecule has 1 aromatic carbocycles. The van der Waals surface area contributed by atoms with Crippen molar-refractivity contribution in [3.8, 4) is 0 Å². The van der Waals surface area contributed by atoms with Crippen molar-refractivity contribution in [2.75, 3.05) is 6.54 Å². The summed E-state index contributed by atoms with van der Waals surface area (Å²) in [5, 5.41) is 0.241. The molecule has 0 N–H and O–H groups in total. The Bertz CT molecular complexity index is 724. The molecule has 126 valence electrons. The number of carbonyl (C=O) groups is 2. The van der Waals surface area contributed by atoms with Gasteiger partial charge >= 0.3 is 0 Å². The van der Waals surface area contributed by atoms with Crippen LogP contribution in [-0.4, -0.2) is 29.2 Å². The van der Waals surface area contributed by atoms with Gasteiger partial charge in [0.15, 0.2) is 11.5 Å². The molecule has 0 saturated carbocycles. The molecule has 4 nitrogen and oxygen atoms in total. The van der Waals surface area contributed by atoms with Gasteiger partial charge in [0.25, 0.3) is 0 Å². The van der Waals surface area contributed by atoms with E-state index in [0.29, 0.717) is 12.3 Å². The molecule has 2 heterocycles. The lowest BCUT2D eigenvalue weighted by atomic mass is 10.1. The first kappa shape index (κ1) is 16.7. The minimum atomic E-state index is -0.488. The lowest BCUT2D eigenvalue weighted by molar-refractivity contribution is -0.131. The van der Waals surface area contributed by atoms with Crippen LogP contribution in [0.4, 0.5) is 4.39 Å². The Morgan fingerprint density at radius 1 is 1.29 bits per heavy atom. The second-order valence-electron chi connectivity index (χ2n) is 5.86. The summed E-state index contributed by atoms with van der Waals surface area (Å²) in [6.07, 6.45) is 3.14. The lowest BCUT2D eigenvalue weighted by Crippen LogP contribution is -2.38. The van der Waals surface area contributed by atoms with Crippen LogP contribution in [-0.2, 0) is 11.2 Å². The van der Waals surface area contributed by atoms with Crippen molar-refractivity contribution in [3.05, 3.63) is 58.8 Å². The Morgan fingerprint density at radius 3 is 2.83 bits per heavy atom. The van der Waals surface area contributed by atoms with Gasteiger partial charge in [-0.25, -0.2) is 4.39 Å². The maximum absolute atomic E-state index is 13.9. The molecule has 3 rings (SSSR count). The Balaban J connectivity index is 1.68. The number of furan rings is 1. The topological polar surface area (TPSA) is 50.5 Å². The summed E-state index contributed by atoms with van der Waals surface area (Å²) >= 11 is 5.99. The maximum Gasteiger partial charge on any atom is 0.227 e. The van der Waals surface area contributed by atoms with Gasteiger partial charge in [0.1, 0.15) is 5.82 Å². The van der Waals surface area contributed by atoms with Gasteiger partial charge in [-0.3, -0.25) is 9.59 Å². The smallest absolute Gasteiger partial charge is 0.227 e. The van der Waals surface area contributed by atoms with Crippen LogP contribution in [0.1, 0.15) is 35.4 Å². The van der Waals surface area contributed by atoms with Crippen LogP contribution in [0, 0.1) is 5.82 Å². The number of hydrogen-bond acceptors (Lipinski definition) is 3. The zero-order valence-corrected chi connectivity index (χ0v) is 13.8. The number of carbonyl (C=O) groups excluding carboxylic acids is 2. The van der Waals surface area contributed by atoms with Crippen LogP contribution in [0.15, 0.2) is 41.0 Å². The van der Waals surface area contributed by atoms with Crippen LogP contribution >= 0.6 is 11.6 Å². The summed E-state index contributed by atoms with van der Waals surface area (Å²) < 4.78 is 19.0. The van der Waals surface area contributed by atoms with E-state index >= 15 is 0 Å². The molecule has 1 fully saturated rings. The average molecular weight is 350 g/mol. The quantitative estimate of drug-likeness (QED) is 0.770. The molecule has 0 bridgehead atoms. The van der Waals surface area contributed by atoms with E-state index in [2.05, 4.69) is 0 Å². The van der Waals surface area contributed by atoms with Gasteiger partial charge in [-0.05, 0) is 37.1 Å². The van der Waals surface area contributed by atoms with E-state index in [1.807, 2.05) is 0 Å². The minimum absolute atomic E-state index is 0.100. The second kappa shape index (κ2) is 7.18. The molecule has 1 atom stereocenters. The molecule has 1 saturated heterocycles. The van der Waals surface area contributed by atoms with Crippen molar-refractivity contribution >= 4 is 23.3 Å². The summed E-state index contributed by atoms with van der Waals surface area (Å²) in [6, 6.07) is 7.45. The molecule has 24 heavy (non-hydrogen) atoms. The monoisotopic (exact) mass is 349 g/mol. The number of nitrogens with zero attached hydrogens (tertiary/aromatic N) is 1. The van der Waals surface area contributed by atoms with E-state index < -0.39 is 5.82 Å². The van der Waals surface area contributed by atoms with Gasteiger partial charge in [0, 0.05) is 29.6 Å². The van der Waals surface area contributed by atoms with E-state index in [0.717, 1.165) is 12.8 Å². The highest BCUT2D eigenvalue weighted by molar-refractivity contribution is 6.31. The highest BCUT2D eigenvalue weighted by Crippen LogP contribution is 2.25. The first-order valence-electron chi connectivity index (χ1n) is 7.85. The number of likely N-dealkylation sites (tertiary alicyclic amines) is 1. The second-order valence-corrected chi connectivity index (χ2v) is 6.27.